The van der Waals surface area contributed by atoms with E-state index in [1.165, 1.54) is 17.8 Å². The van der Waals surface area contributed by atoms with Crippen molar-refractivity contribution < 1.29 is 9.13 Å². The fourth-order valence-corrected chi connectivity index (χ4v) is 2.42. The first-order valence-corrected chi connectivity index (χ1v) is 7.44. The maximum Gasteiger partial charge on any atom is 0.368 e. The van der Waals surface area contributed by atoms with E-state index < -0.39 is 0 Å². The molecule has 0 bridgehead atoms. The number of benzene rings is 2. The first kappa shape index (κ1) is 15.9. The van der Waals surface area contributed by atoms with Gasteiger partial charge in [-0.3, -0.25) is 0 Å². The Hall–Kier alpha value is -2.96. The quantitative estimate of drug-likeness (QED) is 0.737. The molecule has 0 fully saturated rings. The van der Waals surface area contributed by atoms with Crippen LogP contribution in [0.25, 0.3) is 5.69 Å². The lowest BCUT2D eigenvalue weighted by atomic mass is 10.1. The molecule has 0 saturated carbocycles. The fourth-order valence-electron chi connectivity index (χ4n) is 2.42. The highest BCUT2D eigenvalue weighted by molar-refractivity contribution is 5.41. The number of aryl methyl sites for hydroxylation is 3. The van der Waals surface area contributed by atoms with Gasteiger partial charge in [-0.1, -0.05) is 18.2 Å². The summed E-state index contributed by atoms with van der Waals surface area (Å²) in [4.78, 5) is 12.0. The monoisotopic (exact) mass is 328 g/mol. The van der Waals surface area contributed by atoms with Crippen molar-refractivity contribution in [2.75, 3.05) is 0 Å². The number of hydrogen-bond donors (Lipinski definition) is 0. The number of aromatic nitrogens is 4. The van der Waals surface area contributed by atoms with Crippen LogP contribution < -0.4 is 10.4 Å². The Bertz CT molecular complexity index is 946. The number of hydrogen-bond acceptors (Lipinski definition) is 4. The van der Waals surface area contributed by atoms with Crippen LogP contribution in [0.1, 0.15) is 16.7 Å². The smallest absolute Gasteiger partial charge is 0.368 e. The molecule has 6 nitrogen and oxygen atoms in total. The number of tetrazole rings is 1. The van der Waals surface area contributed by atoms with Crippen LogP contribution in [0, 0.1) is 19.7 Å². The Labute approximate surface area is 138 Å². The van der Waals surface area contributed by atoms with Crippen LogP contribution in [0.2, 0.25) is 0 Å². The zero-order valence-electron chi connectivity index (χ0n) is 13.7. The summed E-state index contributed by atoms with van der Waals surface area (Å²) < 4.78 is 21.9. The predicted octanol–water partition coefficient (Wildman–Crippen LogP) is 2.30. The van der Waals surface area contributed by atoms with Crippen molar-refractivity contribution in [3.8, 4) is 11.4 Å². The van der Waals surface area contributed by atoms with E-state index in [1.54, 1.807) is 25.1 Å². The van der Waals surface area contributed by atoms with Gasteiger partial charge in [-0.05, 0) is 47.5 Å². The molecule has 0 N–H and O–H groups in total. The summed E-state index contributed by atoms with van der Waals surface area (Å²) in [6, 6.07) is 10.3. The van der Waals surface area contributed by atoms with Gasteiger partial charge in [-0.15, -0.1) is 0 Å². The van der Waals surface area contributed by atoms with Crippen molar-refractivity contribution in [1.29, 1.82) is 0 Å². The molecule has 0 saturated heterocycles. The molecular weight excluding hydrogens is 311 g/mol. The second kappa shape index (κ2) is 6.27. The van der Waals surface area contributed by atoms with Crippen molar-refractivity contribution in [2.45, 2.75) is 20.5 Å². The van der Waals surface area contributed by atoms with Gasteiger partial charge in [0.25, 0.3) is 0 Å². The lowest BCUT2D eigenvalue weighted by Crippen LogP contribution is -2.23. The van der Waals surface area contributed by atoms with E-state index in [1.807, 2.05) is 19.1 Å². The highest BCUT2D eigenvalue weighted by Crippen LogP contribution is 2.23. The van der Waals surface area contributed by atoms with Crippen LogP contribution >= 0.6 is 0 Å². The molecule has 1 heterocycles. The highest BCUT2D eigenvalue weighted by Gasteiger charge is 2.12. The van der Waals surface area contributed by atoms with Gasteiger partial charge in [0.1, 0.15) is 18.2 Å². The third kappa shape index (κ3) is 2.92. The Morgan fingerprint density at radius 2 is 1.88 bits per heavy atom. The van der Waals surface area contributed by atoms with E-state index in [-0.39, 0.29) is 18.1 Å². The zero-order chi connectivity index (χ0) is 17.3. The third-order valence-electron chi connectivity index (χ3n) is 3.78. The SMILES string of the molecule is Cc1cc(C)c(OCc2ccccc2-n2nnn(C)c2=O)cc1F. The van der Waals surface area contributed by atoms with Crippen molar-refractivity contribution in [2.24, 2.45) is 7.05 Å². The normalized spacial score (nSPS) is 10.8. The van der Waals surface area contributed by atoms with Crippen molar-refractivity contribution in [3.63, 3.8) is 0 Å². The molecule has 2 aromatic carbocycles. The summed E-state index contributed by atoms with van der Waals surface area (Å²) in [6.07, 6.45) is 0. The number of para-hydroxylation sites is 1. The molecule has 24 heavy (non-hydrogen) atoms. The van der Waals surface area contributed by atoms with Crippen molar-refractivity contribution >= 4 is 0 Å². The molecule has 0 aliphatic carbocycles. The standard InChI is InChI=1S/C17H17FN4O2/c1-11-8-12(2)16(9-14(11)18)24-10-13-6-4-5-7-15(13)22-17(23)21(3)19-20-22/h4-9H,10H2,1-3H3. The predicted molar refractivity (Wildman–Crippen MR) is 86.8 cm³/mol. The summed E-state index contributed by atoms with van der Waals surface area (Å²) in [5.74, 6) is 0.161. The molecule has 0 radical (unpaired) electrons. The van der Waals surface area contributed by atoms with Gasteiger partial charge in [-0.2, -0.15) is 9.36 Å². The molecule has 0 aliphatic heterocycles. The Balaban J connectivity index is 1.91. The lowest BCUT2D eigenvalue weighted by molar-refractivity contribution is 0.301. The van der Waals surface area contributed by atoms with E-state index in [0.29, 0.717) is 17.0 Å². The van der Waals surface area contributed by atoms with Crippen molar-refractivity contribution in [3.05, 3.63) is 69.4 Å². The Morgan fingerprint density at radius 1 is 1.12 bits per heavy atom. The van der Waals surface area contributed by atoms with Gasteiger partial charge in [-0.25, -0.2) is 9.18 Å². The van der Waals surface area contributed by atoms with Gasteiger partial charge >= 0.3 is 5.69 Å². The number of ether oxygens (including phenoxy) is 1. The molecule has 0 aliphatic rings. The number of rotatable bonds is 4. The Morgan fingerprint density at radius 3 is 2.58 bits per heavy atom. The van der Waals surface area contributed by atoms with Crippen LogP contribution in [0.15, 0.2) is 41.2 Å². The van der Waals surface area contributed by atoms with Gasteiger partial charge in [0, 0.05) is 18.7 Å². The summed E-state index contributed by atoms with van der Waals surface area (Å²) in [6.45, 7) is 3.76. The molecule has 1 aromatic heterocycles. The minimum Gasteiger partial charge on any atom is -0.488 e. The van der Waals surface area contributed by atoms with Gasteiger partial charge in [0.2, 0.25) is 0 Å². The van der Waals surface area contributed by atoms with E-state index in [9.17, 15) is 9.18 Å². The second-order valence-corrected chi connectivity index (χ2v) is 5.58. The van der Waals surface area contributed by atoms with Gasteiger partial charge in [0.05, 0.1) is 5.69 Å². The van der Waals surface area contributed by atoms with Crippen molar-refractivity contribution in [1.82, 2.24) is 19.8 Å². The molecule has 0 spiro atoms. The molecule has 3 rings (SSSR count). The Kier molecular flexibility index (Phi) is 4.16. The van der Waals surface area contributed by atoms with Crippen LogP contribution in [0.3, 0.4) is 0 Å². The summed E-state index contributed by atoms with van der Waals surface area (Å²) in [5.41, 5.74) is 2.41. The molecular formula is C17H17FN4O2. The maximum atomic E-state index is 13.7. The van der Waals surface area contributed by atoms with E-state index in [4.69, 9.17) is 4.74 Å². The topological polar surface area (TPSA) is 61.9 Å². The summed E-state index contributed by atoms with van der Waals surface area (Å²) >= 11 is 0. The largest absolute Gasteiger partial charge is 0.488 e. The van der Waals surface area contributed by atoms with E-state index in [2.05, 4.69) is 10.4 Å². The third-order valence-corrected chi connectivity index (χ3v) is 3.78. The van der Waals surface area contributed by atoms with Gasteiger partial charge < -0.3 is 4.74 Å². The molecule has 0 atom stereocenters. The average Bonchev–Trinajstić information content (AvgIpc) is 2.89. The lowest BCUT2D eigenvalue weighted by Gasteiger charge is -2.12. The fraction of sp³-hybridized carbons (Fsp3) is 0.235. The number of halogens is 1. The molecule has 124 valence electrons. The summed E-state index contributed by atoms with van der Waals surface area (Å²) in [7, 11) is 1.53. The summed E-state index contributed by atoms with van der Waals surface area (Å²) in [5, 5.41) is 7.56. The zero-order valence-corrected chi connectivity index (χ0v) is 13.7. The van der Waals surface area contributed by atoms with E-state index >= 15 is 0 Å². The van der Waals surface area contributed by atoms with Crippen LogP contribution in [-0.4, -0.2) is 19.8 Å². The molecule has 3 aromatic rings. The minimum atomic E-state index is -0.347. The van der Waals surface area contributed by atoms with Crippen LogP contribution in [0.5, 0.6) is 5.75 Å². The van der Waals surface area contributed by atoms with Crippen LogP contribution in [0.4, 0.5) is 4.39 Å². The maximum absolute atomic E-state index is 13.7. The molecule has 0 unspecified atom stereocenters. The van der Waals surface area contributed by atoms with Gasteiger partial charge in [0.15, 0.2) is 0 Å². The molecule has 7 heteroatoms. The van der Waals surface area contributed by atoms with E-state index in [0.717, 1.165) is 15.8 Å². The number of nitrogens with zero attached hydrogens (tertiary/aromatic N) is 4. The second-order valence-electron chi connectivity index (χ2n) is 5.58. The minimum absolute atomic E-state index is 0.183. The first-order valence-electron chi connectivity index (χ1n) is 7.44. The molecule has 0 amide bonds. The average molecular weight is 328 g/mol. The highest BCUT2D eigenvalue weighted by atomic mass is 19.1. The van der Waals surface area contributed by atoms with Crippen LogP contribution in [-0.2, 0) is 13.7 Å². The first-order chi connectivity index (χ1) is 11.5.